The van der Waals surface area contributed by atoms with Crippen molar-refractivity contribution in [2.75, 3.05) is 6.61 Å². The smallest absolute Gasteiger partial charge is 0.168 e. The third-order valence-electron chi connectivity index (χ3n) is 3.77. The minimum absolute atomic E-state index is 0.107. The maximum absolute atomic E-state index is 10.1. The Balaban J connectivity index is 1.72. The fourth-order valence-electron chi connectivity index (χ4n) is 2.72. The summed E-state index contributed by atoms with van der Waals surface area (Å²) < 4.78 is 11.4. The van der Waals surface area contributed by atoms with Crippen LogP contribution in [-0.4, -0.2) is 16.8 Å². The molecule has 22 heavy (non-hydrogen) atoms. The van der Waals surface area contributed by atoms with Crippen molar-refractivity contribution >= 4 is 12.2 Å². The summed E-state index contributed by atoms with van der Waals surface area (Å²) in [6.45, 7) is 0.465. The van der Waals surface area contributed by atoms with Gasteiger partial charge < -0.3 is 19.7 Å². The number of phenolic OH excluding ortho intramolecular Hbond substituents is 2. The van der Waals surface area contributed by atoms with Crippen LogP contribution in [-0.2, 0) is 0 Å². The maximum atomic E-state index is 10.1. The summed E-state index contributed by atoms with van der Waals surface area (Å²) in [5, 5.41) is 19.7. The lowest BCUT2D eigenvalue weighted by atomic mass is 10.00. The highest BCUT2D eigenvalue weighted by Crippen LogP contribution is 2.40. The Morgan fingerprint density at radius 1 is 1.00 bits per heavy atom. The second-order valence-electron chi connectivity index (χ2n) is 5.29. The maximum Gasteiger partial charge on any atom is 0.168 e. The van der Waals surface area contributed by atoms with E-state index in [-0.39, 0.29) is 17.6 Å². The molecule has 2 heterocycles. The lowest BCUT2D eigenvalue weighted by Crippen LogP contribution is -2.10. The third-order valence-corrected chi connectivity index (χ3v) is 3.77. The zero-order valence-corrected chi connectivity index (χ0v) is 11.7. The highest BCUT2D eigenvalue weighted by Gasteiger charge is 2.21. The number of phenols is 2. The summed E-state index contributed by atoms with van der Waals surface area (Å²) >= 11 is 0. The second kappa shape index (κ2) is 4.84. The summed E-state index contributed by atoms with van der Waals surface area (Å²) in [4.78, 5) is 0. The molecule has 110 valence electrons. The van der Waals surface area contributed by atoms with Crippen molar-refractivity contribution in [1.82, 2.24) is 0 Å². The minimum Gasteiger partial charge on any atom is -0.508 e. The van der Waals surface area contributed by atoms with Crippen molar-refractivity contribution in [1.29, 1.82) is 0 Å². The standard InChI is InChI=1S/C18H14O4/c19-14-5-3-11-4-6-16(22-17(11)10-14)13-8-12-2-1-7-21-18(12)15(20)9-13/h1-6,8-10,16,19-20H,7H2. The first-order valence-electron chi connectivity index (χ1n) is 7.05. The lowest BCUT2D eigenvalue weighted by Gasteiger charge is -2.23. The van der Waals surface area contributed by atoms with E-state index < -0.39 is 0 Å². The van der Waals surface area contributed by atoms with Gasteiger partial charge in [0.15, 0.2) is 11.5 Å². The highest BCUT2D eigenvalue weighted by atomic mass is 16.5. The summed E-state index contributed by atoms with van der Waals surface area (Å²) in [5.41, 5.74) is 2.58. The molecule has 4 heteroatoms. The van der Waals surface area contributed by atoms with Crippen molar-refractivity contribution in [3.63, 3.8) is 0 Å². The van der Waals surface area contributed by atoms with Crippen LogP contribution in [0.15, 0.2) is 42.5 Å². The SMILES string of the molecule is Oc1ccc2c(c1)OC(c1cc(O)c3c(c1)C=CCO3)C=C2. The van der Waals surface area contributed by atoms with Crippen LogP contribution in [0.4, 0.5) is 0 Å². The number of aromatic hydroxyl groups is 2. The molecule has 2 aromatic carbocycles. The Kier molecular flexibility index (Phi) is 2.82. The first-order valence-corrected chi connectivity index (χ1v) is 7.05. The molecule has 0 bridgehead atoms. The van der Waals surface area contributed by atoms with Gasteiger partial charge in [-0.15, -0.1) is 0 Å². The Morgan fingerprint density at radius 3 is 2.82 bits per heavy atom. The Bertz CT molecular complexity index is 805. The van der Waals surface area contributed by atoms with E-state index in [1.807, 2.05) is 30.4 Å². The molecular weight excluding hydrogens is 280 g/mol. The van der Waals surface area contributed by atoms with E-state index in [2.05, 4.69) is 0 Å². The largest absolute Gasteiger partial charge is 0.508 e. The average molecular weight is 294 g/mol. The van der Waals surface area contributed by atoms with E-state index >= 15 is 0 Å². The predicted molar refractivity (Wildman–Crippen MR) is 83.1 cm³/mol. The molecule has 0 aliphatic carbocycles. The van der Waals surface area contributed by atoms with E-state index in [0.717, 1.165) is 16.7 Å². The normalized spacial score (nSPS) is 18.1. The predicted octanol–water partition coefficient (Wildman–Crippen LogP) is 3.65. The first kappa shape index (κ1) is 12.8. The number of ether oxygens (including phenoxy) is 2. The number of hydrogen-bond donors (Lipinski definition) is 2. The number of rotatable bonds is 1. The van der Waals surface area contributed by atoms with Crippen LogP contribution >= 0.6 is 0 Å². The van der Waals surface area contributed by atoms with Crippen molar-refractivity contribution in [3.05, 3.63) is 59.2 Å². The molecule has 0 saturated carbocycles. The minimum atomic E-state index is -0.319. The molecule has 1 atom stereocenters. The first-order chi connectivity index (χ1) is 10.7. The Morgan fingerprint density at radius 2 is 1.91 bits per heavy atom. The van der Waals surface area contributed by atoms with E-state index in [1.54, 1.807) is 24.3 Å². The molecule has 2 aliphatic heterocycles. The fourth-order valence-corrected chi connectivity index (χ4v) is 2.72. The van der Waals surface area contributed by atoms with Gasteiger partial charge in [-0.3, -0.25) is 0 Å². The molecule has 0 amide bonds. The molecule has 4 nitrogen and oxygen atoms in total. The van der Waals surface area contributed by atoms with Crippen molar-refractivity contribution in [2.45, 2.75) is 6.10 Å². The monoisotopic (exact) mass is 294 g/mol. The van der Waals surface area contributed by atoms with Gasteiger partial charge in [0.05, 0.1) is 0 Å². The third kappa shape index (κ3) is 2.09. The van der Waals surface area contributed by atoms with Gasteiger partial charge in [0.25, 0.3) is 0 Å². The van der Waals surface area contributed by atoms with E-state index in [1.165, 1.54) is 0 Å². The summed E-state index contributed by atoms with van der Waals surface area (Å²) in [5.74, 6) is 1.40. The fraction of sp³-hybridized carbons (Fsp3) is 0.111. The molecule has 1 unspecified atom stereocenters. The number of benzene rings is 2. The van der Waals surface area contributed by atoms with Gasteiger partial charge in [-0.25, -0.2) is 0 Å². The van der Waals surface area contributed by atoms with E-state index in [4.69, 9.17) is 9.47 Å². The number of hydrogen-bond acceptors (Lipinski definition) is 4. The van der Waals surface area contributed by atoms with Gasteiger partial charge in [0.2, 0.25) is 0 Å². The van der Waals surface area contributed by atoms with E-state index in [9.17, 15) is 10.2 Å². The van der Waals surface area contributed by atoms with Gasteiger partial charge >= 0.3 is 0 Å². The number of fused-ring (bicyclic) bond motifs is 2. The summed E-state index contributed by atoms with van der Waals surface area (Å²) in [7, 11) is 0. The van der Waals surface area contributed by atoms with Gasteiger partial charge in [0, 0.05) is 22.8 Å². The molecule has 0 fully saturated rings. The molecule has 4 rings (SSSR count). The molecule has 0 radical (unpaired) electrons. The average Bonchev–Trinajstić information content (AvgIpc) is 2.54. The van der Waals surface area contributed by atoms with Gasteiger partial charge in [-0.05, 0) is 36.4 Å². The Labute approximate surface area is 127 Å². The van der Waals surface area contributed by atoms with Crippen molar-refractivity contribution in [2.24, 2.45) is 0 Å². The molecule has 2 aromatic rings. The second-order valence-corrected chi connectivity index (χ2v) is 5.29. The summed E-state index contributed by atoms with van der Waals surface area (Å²) in [6.07, 6.45) is 7.38. The zero-order valence-electron chi connectivity index (χ0n) is 11.7. The van der Waals surface area contributed by atoms with Crippen molar-refractivity contribution < 1.29 is 19.7 Å². The van der Waals surface area contributed by atoms with Crippen LogP contribution in [0.5, 0.6) is 23.0 Å². The van der Waals surface area contributed by atoms with Crippen molar-refractivity contribution in [3.8, 4) is 23.0 Å². The van der Waals surface area contributed by atoms with Gasteiger partial charge in [-0.2, -0.15) is 0 Å². The van der Waals surface area contributed by atoms with Crippen LogP contribution in [0, 0.1) is 0 Å². The van der Waals surface area contributed by atoms with Gasteiger partial charge in [-0.1, -0.05) is 12.2 Å². The highest BCUT2D eigenvalue weighted by molar-refractivity contribution is 5.67. The topological polar surface area (TPSA) is 58.9 Å². The lowest BCUT2D eigenvalue weighted by molar-refractivity contribution is 0.249. The zero-order chi connectivity index (χ0) is 15.1. The van der Waals surface area contributed by atoms with E-state index in [0.29, 0.717) is 18.1 Å². The van der Waals surface area contributed by atoms with Crippen LogP contribution in [0.1, 0.15) is 22.8 Å². The molecule has 0 aromatic heterocycles. The summed E-state index contributed by atoms with van der Waals surface area (Å²) in [6, 6.07) is 8.61. The quantitative estimate of drug-likeness (QED) is 0.843. The van der Waals surface area contributed by atoms with Crippen LogP contribution in [0.2, 0.25) is 0 Å². The molecule has 2 aliphatic rings. The molecule has 0 spiro atoms. The molecule has 0 saturated heterocycles. The van der Waals surface area contributed by atoms with Crippen LogP contribution < -0.4 is 9.47 Å². The Hall–Kier alpha value is -2.88. The van der Waals surface area contributed by atoms with Crippen LogP contribution in [0.25, 0.3) is 12.2 Å². The molecule has 2 N–H and O–H groups in total. The van der Waals surface area contributed by atoms with Gasteiger partial charge in [0.1, 0.15) is 24.2 Å². The molecular formula is C18H14O4. The van der Waals surface area contributed by atoms with Crippen LogP contribution in [0.3, 0.4) is 0 Å².